The smallest absolute Gasteiger partial charge is 0.253 e. The minimum absolute atomic E-state index is 0.101. The summed E-state index contributed by atoms with van der Waals surface area (Å²) in [6.07, 6.45) is 1.00. The molecule has 0 spiro atoms. The van der Waals surface area contributed by atoms with E-state index in [-0.39, 0.29) is 29.7 Å². The Bertz CT molecular complexity index is 1040. The first-order valence-electron chi connectivity index (χ1n) is 9.48. The van der Waals surface area contributed by atoms with Crippen LogP contribution in [-0.2, 0) is 14.8 Å². The molecule has 0 bridgehead atoms. The number of sulfonamides is 1. The van der Waals surface area contributed by atoms with E-state index in [4.69, 9.17) is 4.74 Å². The van der Waals surface area contributed by atoms with Gasteiger partial charge in [0, 0.05) is 19.2 Å². The molecule has 0 aliphatic heterocycles. The molecule has 0 aliphatic rings. The standard InChI is InChI=1S/C21H28N4O5S/c1-14(26)23-16-8-11-19(24-31(5,28)29)18(12-16)21(27)22-13-20(25(2)3)15-6-9-17(30-4)10-7-15/h6-12,20,24H,13H2,1-5H3,(H,22,27)(H,23,26). The Morgan fingerprint density at radius 3 is 2.26 bits per heavy atom. The van der Waals surface area contributed by atoms with Gasteiger partial charge in [-0.25, -0.2) is 8.42 Å². The van der Waals surface area contributed by atoms with E-state index in [9.17, 15) is 18.0 Å². The van der Waals surface area contributed by atoms with E-state index in [1.165, 1.54) is 25.1 Å². The third-order valence-corrected chi connectivity index (χ3v) is 5.05. The molecule has 0 aliphatic carbocycles. The second-order valence-electron chi connectivity index (χ2n) is 7.28. The normalized spacial score (nSPS) is 12.2. The van der Waals surface area contributed by atoms with E-state index in [0.29, 0.717) is 5.69 Å². The third-order valence-electron chi connectivity index (χ3n) is 4.46. The van der Waals surface area contributed by atoms with Gasteiger partial charge in [0.25, 0.3) is 5.91 Å². The molecule has 0 saturated carbocycles. The van der Waals surface area contributed by atoms with E-state index in [1.807, 2.05) is 43.3 Å². The SMILES string of the molecule is COc1ccc(C(CNC(=O)c2cc(NC(C)=O)ccc2NS(C)(=O)=O)N(C)C)cc1. The number of likely N-dealkylation sites (N-methyl/N-ethyl adjacent to an activating group) is 1. The molecule has 2 amide bonds. The molecular formula is C21H28N4O5S. The predicted octanol–water partition coefficient (Wildman–Crippen LogP) is 2.06. The van der Waals surface area contributed by atoms with E-state index in [1.54, 1.807) is 7.11 Å². The Kier molecular flexibility index (Phi) is 8.01. The number of benzene rings is 2. The Labute approximate surface area is 182 Å². The van der Waals surface area contributed by atoms with Gasteiger partial charge in [-0.05, 0) is 50.0 Å². The number of hydrogen-bond acceptors (Lipinski definition) is 6. The molecule has 2 aromatic carbocycles. The van der Waals surface area contributed by atoms with Crippen LogP contribution in [0.4, 0.5) is 11.4 Å². The lowest BCUT2D eigenvalue weighted by molar-refractivity contribution is -0.114. The molecule has 0 aromatic heterocycles. The predicted molar refractivity (Wildman–Crippen MR) is 121 cm³/mol. The zero-order valence-electron chi connectivity index (χ0n) is 18.2. The van der Waals surface area contributed by atoms with Crippen molar-refractivity contribution in [3.63, 3.8) is 0 Å². The number of rotatable bonds is 9. The van der Waals surface area contributed by atoms with E-state index >= 15 is 0 Å². The van der Waals surface area contributed by atoms with Gasteiger partial charge < -0.3 is 20.3 Å². The van der Waals surface area contributed by atoms with Crippen molar-refractivity contribution in [2.24, 2.45) is 0 Å². The van der Waals surface area contributed by atoms with Gasteiger partial charge in [-0.15, -0.1) is 0 Å². The summed E-state index contributed by atoms with van der Waals surface area (Å²) in [6.45, 7) is 1.62. The molecule has 0 heterocycles. The first-order chi connectivity index (χ1) is 14.5. The summed E-state index contributed by atoms with van der Waals surface area (Å²) >= 11 is 0. The molecule has 9 nitrogen and oxygen atoms in total. The van der Waals surface area contributed by atoms with E-state index < -0.39 is 15.9 Å². The number of carbonyl (C=O) groups is 2. The van der Waals surface area contributed by atoms with Crippen molar-refractivity contribution >= 4 is 33.2 Å². The van der Waals surface area contributed by atoms with Crippen molar-refractivity contribution < 1.29 is 22.7 Å². The van der Waals surface area contributed by atoms with Crippen molar-refractivity contribution in [2.75, 3.05) is 44.0 Å². The average Bonchev–Trinajstić information content (AvgIpc) is 2.68. The number of methoxy groups -OCH3 is 1. The van der Waals surface area contributed by atoms with Crippen LogP contribution in [-0.4, -0.2) is 59.1 Å². The molecule has 0 fully saturated rings. The van der Waals surface area contributed by atoms with Crippen LogP contribution in [0.2, 0.25) is 0 Å². The summed E-state index contributed by atoms with van der Waals surface area (Å²) in [4.78, 5) is 26.3. The summed E-state index contributed by atoms with van der Waals surface area (Å²) in [6, 6.07) is 11.8. The summed E-state index contributed by atoms with van der Waals surface area (Å²) in [7, 11) is 1.79. The number of ether oxygens (including phenoxy) is 1. The molecular weight excluding hydrogens is 420 g/mol. The molecule has 10 heteroatoms. The van der Waals surface area contributed by atoms with Crippen molar-refractivity contribution in [3.8, 4) is 5.75 Å². The van der Waals surface area contributed by atoms with Crippen LogP contribution in [0.5, 0.6) is 5.75 Å². The molecule has 0 radical (unpaired) electrons. The highest BCUT2D eigenvalue weighted by atomic mass is 32.2. The quantitative estimate of drug-likeness (QED) is 0.541. The van der Waals surface area contributed by atoms with Gasteiger partial charge in [-0.3, -0.25) is 14.3 Å². The molecule has 2 aromatic rings. The number of hydrogen-bond donors (Lipinski definition) is 3. The maximum Gasteiger partial charge on any atom is 0.253 e. The fraction of sp³-hybridized carbons (Fsp3) is 0.333. The lowest BCUT2D eigenvalue weighted by Gasteiger charge is -2.25. The van der Waals surface area contributed by atoms with Gasteiger partial charge in [-0.2, -0.15) is 0 Å². The van der Waals surface area contributed by atoms with Crippen LogP contribution < -0.4 is 20.1 Å². The molecule has 31 heavy (non-hydrogen) atoms. The fourth-order valence-corrected chi connectivity index (χ4v) is 3.59. The van der Waals surface area contributed by atoms with Crippen LogP contribution in [0.25, 0.3) is 0 Å². The third kappa shape index (κ3) is 7.26. The zero-order valence-corrected chi connectivity index (χ0v) is 19.0. The van der Waals surface area contributed by atoms with Crippen molar-refractivity contribution in [1.82, 2.24) is 10.2 Å². The minimum Gasteiger partial charge on any atom is -0.497 e. The summed E-state index contributed by atoms with van der Waals surface area (Å²) in [5, 5.41) is 5.45. The average molecular weight is 449 g/mol. The lowest BCUT2D eigenvalue weighted by atomic mass is 10.1. The van der Waals surface area contributed by atoms with E-state index in [2.05, 4.69) is 15.4 Å². The first-order valence-corrected chi connectivity index (χ1v) is 11.4. The molecule has 2 rings (SSSR count). The van der Waals surface area contributed by atoms with Gasteiger partial charge in [0.05, 0.1) is 30.7 Å². The van der Waals surface area contributed by atoms with Gasteiger partial charge in [0.15, 0.2) is 0 Å². The minimum atomic E-state index is -3.60. The van der Waals surface area contributed by atoms with Crippen LogP contribution >= 0.6 is 0 Å². The second kappa shape index (κ2) is 10.3. The molecule has 168 valence electrons. The molecule has 1 atom stereocenters. The number of nitrogens with one attached hydrogen (secondary N) is 3. The van der Waals surface area contributed by atoms with Gasteiger partial charge in [-0.1, -0.05) is 12.1 Å². The van der Waals surface area contributed by atoms with Crippen LogP contribution in [0.15, 0.2) is 42.5 Å². The zero-order chi connectivity index (χ0) is 23.2. The maximum atomic E-state index is 13.0. The second-order valence-corrected chi connectivity index (χ2v) is 9.03. The Morgan fingerprint density at radius 2 is 1.74 bits per heavy atom. The van der Waals surface area contributed by atoms with Gasteiger partial charge in [0.2, 0.25) is 15.9 Å². The lowest BCUT2D eigenvalue weighted by Crippen LogP contribution is -2.35. The summed E-state index contributed by atoms with van der Waals surface area (Å²) < 4.78 is 30.9. The molecule has 3 N–H and O–H groups in total. The number of anilines is 2. The van der Waals surface area contributed by atoms with Crippen molar-refractivity contribution in [2.45, 2.75) is 13.0 Å². The summed E-state index contributed by atoms with van der Waals surface area (Å²) in [5.41, 5.74) is 1.59. The number of nitrogens with zero attached hydrogens (tertiary/aromatic N) is 1. The monoisotopic (exact) mass is 448 g/mol. The first kappa shape index (κ1) is 24.2. The van der Waals surface area contributed by atoms with Crippen molar-refractivity contribution in [3.05, 3.63) is 53.6 Å². The molecule has 1 unspecified atom stereocenters. The number of amides is 2. The van der Waals surface area contributed by atoms with Crippen molar-refractivity contribution in [1.29, 1.82) is 0 Å². The van der Waals surface area contributed by atoms with Crippen LogP contribution in [0.1, 0.15) is 28.9 Å². The Morgan fingerprint density at radius 1 is 1.10 bits per heavy atom. The van der Waals surface area contributed by atoms with Crippen LogP contribution in [0.3, 0.4) is 0 Å². The largest absolute Gasteiger partial charge is 0.497 e. The van der Waals surface area contributed by atoms with Crippen LogP contribution in [0, 0.1) is 0 Å². The van der Waals surface area contributed by atoms with Gasteiger partial charge in [0.1, 0.15) is 5.75 Å². The highest BCUT2D eigenvalue weighted by molar-refractivity contribution is 7.92. The Hall–Kier alpha value is -3.11. The topological polar surface area (TPSA) is 117 Å². The summed E-state index contributed by atoms with van der Waals surface area (Å²) in [5.74, 6) is -0.0439. The fourth-order valence-electron chi connectivity index (χ4n) is 3.01. The highest BCUT2D eigenvalue weighted by Crippen LogP contribution is 2.24. The van der Waals surface area contributed by atoms with E-state index in [0.717, 1.165) is 17.6 Å². The molecule has 0 saturated heterocycles. The Balaban J connectivity index is 2.27. The maximum absolute atomic E-state index is 13.0. The number of carbonyl (C=O) groups excluding carboxylic acids is 2. The highest BCUT2D eigenvalue weighted by Gasteiger charge is 2.19. The van der Waals surface area contributed by atoms with Gasteiger partial charge >= 0.3 is 0 Å².